The highest BCUT2D eigenvalue weighted by Gasteiger charge is 2.49. The molecule has 0 unspecified atom stereocenters. The van der Waals surface area contributed by atoms with Crippen LogP contribution in [0.1, 0.15) is 11.1 Å². The minimum Gasteiger partial charge on any atom is -0.378 e. The first-order chi connectivity index (χ1) is 12.6. The molecule has 4 atom stereocenters. The molecule has 140 valence electrons. The van der Waals surface area contributed by atoms with Crippen molar-refractivity contribution < 1.29 is 28.2 Å². The van der Waals surface area contributed by atoms with Crippen molar-refractivity contribution >= 4 is 7.60 Å². The number of ether oxygens (including phenoxy) is 2. The van der Waals surface area contributed by atoms with Crippen LogP contribution in [0.25, 0.3) is 0 Å². The van der Waals surface area contributed by atoms with Gasteiger partial charge in [-0.3, -0.25) is 4.57 Å². The molecule has 3 rings (SSSR count). The van der Waals surface area contributed by atoms with Gasteiger partial charge in [0.1, 0.15) is 12.2 Å². The standard InChI is InChI=1S/C19H23O6P/c1-22-26(21)19(20)18(24-13-16-10-6-3-7-11-16)17(14-25-26)23-12-15-8-4-2-5-9-15/h2-11,17-20H,12-14H2,1H3/t17-,18+,19+,26+/m1/s1. The number of rotatable bonds is 7. The summed E-state index contributed by atoms with van der Waals surface area (Å²) in [6, 6.07) is 19.2. The molecule has 0 amide bonds. The van der Waals surface area contributed by atoms with Crippen LogP contribution >= 0.6 is 7.60 Å². The number of benzene rings is 2. The van der Waals surface area contributed by atoms with Gasteiger partial charge in [-0.15, -0.1) is 0 Å². The van der Waals surface area contributed by atoms with Gasteiger partial charge < -0.3 is 23.6 Å². The average molecular weight is 378 g/mol. The third-order valence-electron chi connectivity index (χ3n) is 4.25. The lowest BCUT2D eigenvalue weighted by atomic mass is 10.2. The summed E-state index contributed by atoms with van der Waals surface area (Å²) in [4.78, 5) is 0. The zero-order valence-electron chi connectivity index (χ0n) is 14.6. The maximum absolute atomic E-state index is 12.5. The maximum atomic E-state index is 12.5. The lowest BCUT2D eigenvalue weighted by Gasteiger charge is -2.38. The fraction of sp³-hybridized carbons (Fsp3) is 0.368. The second-order valence-corrected chi connectivity index (χ2v) is 8.26. The van der Waals surface area contributed by atoms with Crippen LogP contribution < -0.4 is 0 Å². The van der Waals surface area contributed by atoms with Crippen LogP contribution in [0, 0.1) is 0 Å². The highest BCUT2D eigenvalue weighted by Crippen LogP contribution is 2.56. The molecule has 0 spiro atoms. The van der Waals surface area contributed by atoms with Crippen molar-refractivity contribution in [3.8, 4) is 0 Å². The van der Waals surface area contributed by atoms with Crippen molar-refractivity contribution in [2.45, 2.75) is 31.3 Å². The zero-order chi connectivity index (χ0) is 18.4. The predicted molar refractivity (Wildman–Crippen MR) is 96.6 cm³/mol. The number of hydrogen-bond acceptors (Lipinski definition) is 6. The zero-order valence-corrected chi connectivity index (χ0v) is 15.5. The van der Waals surface area contributed by atoms with Gasteiger partial charge in [0, 0.05) is 7.11 Å². The first kappa shape index (κ1) is 19.2. The molecule has 1 aliphatic heterocycles. The normalized spacial score (nSPS) is 28.8. The molecule has 0 aliphatic carbocycles. The molecular weight excluding hydrogens is 355 g/mol. The molecule has 0 radical (unpaired) electrons. The van der Waals surface area contributed by atoms with Crippen molar-refractivity contribution in [1.29, 1.82) is 0 Å². The fourth-order valence-corrected chi connectivity index (χ4v) is 4.23. The highest BCUT2D eigenvalue weighted by molar-refractivity contribution is 7.54. The molecule has 1 aliphatic rings. The lowest BCUT2D eigenvalue weighted by molar-refractivity contribution is -0.145. The van der Waals surface area contributed by atoms with E-state index >= 15 is 0 Å². The first-order valence-corrected chi connectivity index (χ1v) is 10.0. The summed E-state index contributed by atoms with van der Waals surface area (Å²) in [5.41, 5.74) is 1.93. The molecule has 26 heavy (non-hydrogen) atoms. The Kier molecular flexibility index (Phi) is 6.59. The number of aliphatic hydroxyl groups excluding tert-OH is 1. The van der Waals surface area contributed by atoms with Gasteiger partial charge in [0.25, 0.3) is 0 Å². The van der Waals surface area contributed by atoms with Gasteiger partial charge in [-0.1, -0.05) is 60.7 Å². The van der Waals surface area contributed by atoms with Crippen LogP contribution in [0.5, 0.6) is 0 Å². The number of hydrogen-bond donors (Lipinski definition) is 1. The van der Waals surface area contributed by atoms with Gasteiger partial charge in [-0.25, -0.2) is 0 Å². The van der Waals surface area contributed by atoms with E-state index in [1.807, 2.05) is 60.7 Å². The van der Waals surface area contributed by atoms with Crippen molar-refractivity contribution in [3.63, 3.8) is 0 Å². The molecule has 6 nitrogen and oxygen atoms in total. The molecule has 2 aromatic carbocycles. The molecule has 7 heteroatoms. The second kappa shape index (κ2) is 8.91. The molecule has 0 saturated carbocycles. The Balaban J connectivity index is 1.69. The molecule has 1 saturated heterocycles. The topological polar surface area (TPSA) is 74.2 Å². The van der Waals surface area contributed by atoms with Crippen LogP contribution in [0.15, 0.2) is 60.7 Å². The Bertz CT molecular complexity index is 723. The van der Waals surface area contributed by atoms with E-state index in [0.717, 1.165) is 11.1 Å². The Morgan fingerprint density at radius 1 is 1.00 bits per heavy atom. The molecule has 1 N–H and O–H groups in total. The van der Waals surface area contributed by atoms with Gasteiger partial charge in [-0.2, -0.15) is 0 Å². The van der Waals surface area contributed by atoms with Crippen LogP contribution in [-0.2, 0) is 36.3 Å². The van der Waals surface area contributed by atoms with E-state index in [1.165, 1.54) is 7.11 Å². The molecule has 1 fully saturated rings. The third-order valence-corrected chi connectivity index (χ3v) is 6.21. The minimum absolute atomic E-state index is 0.0223. The molecule has 1 heterocycles. The number of aliphatic hydroxyl groups is 1. The molecule has 2 aromatic rings. The van der Waals surface area contributed by atoms with E-state index < -0.39 is 25.6 Å². The van der Waals surface area contributed by atoms with E-state index in [2.05, 4.69) is 0 Å². The summed E-state index contributed by atoms with van der Waals surface area (Å²) in [5.74, 6) is -1.41. The van der Waals surface area contributed by atoms with Gasteiger partial charge >= 0.3 is 7.60 Å². The second-order valence-electron chi connectivity index (χ2n) is 6.03. The van der Waals surface area contributed by atoms with E-state index in [9.17, 15) is 9.67 Å². The maximum Gasteiger partial charge on any atom is 0.361 e. The summed E-state index contributed by atoms with van der Waals surface area (Å²) in [7, 11) is -2.39. The largest absolute Gasteiger partial charge is 0.378 e. The summed E-state index contributed by atoms with van der Waals surface area (Å²) >= 11 is 0. The summed E-state index contributed by atoms with van der Waals surface area (Å²) in [5, 5.41) is 10.5. The SMILES string of the molecule is CO[P@]1(=O)OC[C@@H](OCc2ccccc2)[C@H](OCc2ccccc2)[C@H]1O. The average Bonchev–Trinajstić information content (AvgIpc) is 2.70. The first-order valence-electron chi connectivity index (χ1n) is 8.41. The van der Waals surface area contributed by atoms with E-state index in [-0.39, 0.29) is 13.2 Å². The molecule has 0 bridgehead atoms. The fourth-order valence-electron chi connectivity index (χ4n) is 2.76. The Labute approximate surface area is 153 Å². The van der Waals surface area contributed by atoms with Gasteiger partial charge in [0.15, 0.2) is 5.85 Å². The predicted octanol–water partition coefficient (Wildman–Crippen LogP) is 3.35. The highest BCUT2D eigenvalue weighted by atomic mass is 31.2. The lowest BCUT2D eigenvalue weighted by Crippen LogP contribution is -2.47. The van der Waals surface area contributed by atoms with Crippen molar-refractivity contribution in [3.05, 3.63) is 71.8 Å². The Morgan fingerprint density at radius 2 is 1.54 bits per heavy atom. The van der Waals surface area contributed by atoms with Crippen molar-refractivity contribution in [2.75, 3.05) is 13.7 Å². The van der Waals surface area contributed by atoms with Gasteiger partial charge in [0.05, 0.1) is 19.8 Å². The van der Waals surface area contributed by atoms with Crippen LogP contribution in [0.3, 0.4) is 0 Å². The summed E-state index contributed by atoms with van der Waals surface area (Å²) in [6.07, 6.45) is -1.38. The van der Waals surface area contributed by atoms with Gasteiger partial charge in [-0.05, 0) is 11.1 Å². The Morgan fingerprint density at radius 3 is 2.08 bits per heavy atom. The van der Waals surface area contributed by atoms with E-state index in [0.29, 0.717) is 6.61 Å². The Hall–Kier alpha value is -1.53. The quantitative estimate of drug-likeness (QED) is 0.745. The summed E-state index contributed by atoms with van der Waals surface area (Å²) in [6.45, 7) is 0.621. The van der Waals surface area contributed by atoms with Crippen molar-refractivity contribution in [2.24, 2.45) is 0 Å². The van der Waals surface area contributed by atoms with E-state index in [1.54, 1.807) is 0 Å². The smallest absolute Gasteiger partial charge is 0.361 e. The van der Waals surface area contributed by atoms with E-state index in [4.69, 9.17) is 18.5 Å². The third kappa shape index (κ3) is 4.60. The van der Waals surface area contributed by atoms with Crippen molar-refractivity contribution in [1.82, 2.24) is 0 Å². The minimum atomic E-state index is -3.65. The van der Waals surface area contributed by atoms with Crippen LogP contribution in [0.4, 0.5) is 0 Å². The van der Waals surface area contributed by atoms with Crippen LogP contribution in [-0.4, -0.2) is 36.9 Å². The van der Waals surface area contributed by atoms with Crippen LogP contribution in [0.2, 0.25) is 0 Å². The molecular formula is C19H23O6P. The monoisotopic (exact) mass is 378 g/mol. The van der Waals surface area contributed by atoms with Gasteiger partial charge in [0.2, 0.25) is 0 Å². The molecule has 0 aromatic heterocycles. The summed E-state index contributed by atoms with van der Waals surface area (Å²) < 4.78 is 34.5.